The molecule has 3 nitrogen and oxygen atoms in total. The summed E-state index contributed by atoms with van der Waals surface area (Å²) >= 11 is 0. The average Bonchev–Trinajstić information content (AvgIpc) is 2.49. The molecule has 0 radical (unpaired) electrons. The molecule has 0 amide bonds. The Morgan fingerprint density at radius 1 is 0.947 bits per heavy atom. The summed E-state index contributed by atoms with van der Waals surface area (Å²) < 4.78 is 5.59. The zero-order valence-electron chi connectivity index (χ0n) is 10.3. The van der Waals surface area contributed by atoms with Crippen LogP contribution in [0.3, 0.4) is 0 Å². The van der Waals surface area contributed by atoms with Crippen molar-refractivity contribution in [1.29, 1.82) is 5.26 Å². The minimum absolute atomic E-state index is 0.510. The van der Waals surface area contributed by atoms with Crippen LogP contribution in [0.25, 0.3) is 4.85 Å². The fourth-order valence-corrected chi connectivity index (χ4v) is 1.63. The van der Waals surface area contributed by atoms with Crippen molar-refractivity contribution in [3.63, 3.8) is 0 Å². The summed E-state index contributed by atoms with van der Waals surface area (Å²) in [6.07, 6.45) is 0. The Hall–Kier alpha value is -2.62. The number of benzene rings is 2. The lowest BCUT2D eigenvalue weighted by molar-refractivity contribution is 0.107. The number of hydrogen-bond acceptors (Lipinski definition) is 2. The van der Waals surface area contributed by atoms with E-state index in [-0.39, 0.29) is 0 Å². The average molecular weight is 248 g/mol. The van der Waals surface area contributed by atoms with Crippen molar-refractivity contribution in [1.82, 2.24) is 0 Å². The first-order chi connectivity index (χ1) is 9.31. The first-order valence-corrected chi connectivity index (χ1v) is 5.85. The summed E-state index contributed by atoms with van der Waals surface area (Å²) in [5.74, 6) is 0. The van der Waals surface area contributed by atoms with Crippen molar-refractivity contribution in [3.8, 4) is 6.07 Å². The van der Waals surface area contributed by atoms with Crippen molar-refractivity contribution in [3.05, 3.63) is 76.6 Å². The fraction of sp³-hybridized carbons (Fsp3) is 0.125. The second-order valence-corrected chi connectivity index (χ2v) is 4.08. The third-order valence-corrected chi connectivity index (χ3v) is 2.69. The lowest BCUT2D eigenvalue weighted by Crippen LogP contribution is -1.94. The molecule has 0 fully saturated rings. The van der Waals surface area contributed by atoms with Crippen molar-refractivity contribution in [2.24, 2.45) is 0 Å². The van der Waals surface area contributed by atoms with Crippen LogP contribution in [0.2, 0.25) is 0 Å². The molecular formula is C16H12N2O. The van der Waals surface area contributed by atoms with E-state index >= 15 is 0 Å². The van der Waals surface area contributed by atoms with Crippen molar-refractivity contribution in [2.75, 3.05) is 0 Å². The molecule has 0 heterocycles. The highest BCUT2D eigenvalue weighted by Crippen LogP contribution is 2.14. The second kappa shape index (κ2) is 6.35. The lowest BCUT2D eigenvalue weighted by atomic mass is 10.1. The van der Waals surface area contributed by atoms with Crippen LogP contribution in [0, 0.1) is 17.9 Å². The Kier molecular flexibility index (Phi) is 4.29. The van der Waals surface area contributed by atoms with E-state index in [2.05, 4.69) is 10.9 Å². The molecule has 0 saturated carbocycles. The van der Waals surface area contributed by atoms with Crippen molar-refractivity contribution < 1.29 is 4.74 Å². The fourth-order valence-electron chi connectivity index (χ4n) is 1.63. The topological polar surface area (TPSA) is 37.4 Å². The molecule has 0 spiro atoms. The number of nitrogens with zero attached hydrogens (tertiary/aromatic N) is 2. The SMILES string of the molecule is [C-]#[N+]c1ccc(COCc2ccc(C#N)cc2)cc1. The quantitative estimate of drug-likeness (QED) is 0.771. The highest BCUT2D eigenvalue weighted by atomic mass is 16.5. The maximum Gasteiger partial charge on any atom is 0.187 e. The minimum Gasteiger partial charge on any atom is -0.372 e. The van der Waals surface area contributed by atoms with Gasteiger partial charge in [0, 0.05) is 0 Å². The first kappa shape index (κ1) is 12.8. The maximum atomic E-state index is 8.69. The van der Waals surface area contributed by atoms with Crippen LogP contribution in [0.1, 0.15) is 16.7 Å². The first-order valence-electron chi connectivity index (χ1n) is 5.85. The third kappa shape index (κ3) is 3.67. The van der Waals surface area contributed by atoms with Gasteiger partial charge in [-0.2, -0.15) is 5.26 Å². The normalized spacial score (nSPS) is 9.58. The standard InChI is InChI=1S/C16H12N2O/c1-18-16-8-6-15(7-9-16)12-19-11-14-4-2-13(10-17)3-5-14/h2-9H,11-12H2. The van der Waals surface area contributed by atoms with Gasteiger partial charge in [0.2, 0.25) is 0 Å². The van der Waals surface area contributed by atoms with Gasteiger partial charge in [-0.3, -0.25) is 0 Å². The Bertz CT molecular complexity index is 558. The van der Waals surface area contributed by atoms with Crippen molar-refractivity contribution >= 4 is 5.69 Å². The lowest BCUT2D eigenvalue weighted by Gasteiger charge is -2.05. The minimum atomic E-state index is 0.510. The third-order valence-electron chi connectivity index (χ3n) is 2.69. The number of ether oxygens (including phenoxy) is 1. The molecule has 0 saturated heterocycles. The second-order valence-electron chi connectivity index (χ2n) is 4.08. The van der Waals surface area contributed by atoms with Gasteiger partial charge in [-0.1, -0.05) is 36.4 Å². The monoisotopic (exact) mass is 248 g/mol. The number of rotatable bonds is 4. The number of hydrogen-bond donors (Lipinski definition) is 0. The molecule has 0 aliphatic heterocycles. The zero-order valence-corrected chi connectivity index (χ0v) is 10.3. The zero-order chi connectivity index (χ0) is 13.5. The van der Waals surface area contributed by atoms with Gasteiger partial charge in [-0.05, 0) is 23.3 Å². The summed E-state index contributed by atoms with van der Waals surface area (Å²) in [6, 6.07) is 16.8. The molecule has 2 rings (SSSR count). The van der Waals surface area contributed by atoms with E-state index in [1.54, 1.807) is 24.3 Å². The summed E-state index contributed by atoms with van der Waals surface area (Å²) in [5, 5.41) is 8.69. The molecule has 0 N–H and O–H groups in total. The maximum absolute atomic E-state index is 8.69. The summed E-state index contributed by atoms with van der Waals surface area (Å²) in [6.45, 7) is 7.89. The largest absolute Gasteiger partial charge is 0.372 e. The van der Waals surface area contributed by atoms with Crippen LogP contribution < -0.4 is 0 Å². The van der Waals surface area contributed by atoms with E-state index in [9.17, 15) is 0 Å². The van der Waals surface area contributed by atoms with Crippen LogP contribution in [-0.2, 0) is 18.0 Å². The van der Waals surface area contributed by atoms with Gasteiger partial charge in [0.25, 0.3) is 0 Å². The Morgan fingerprint density at radius 2 is 1.47 bits per heavy atom. The van der Waals surface area contributed by atoms with Gasteiger partial charge in [-0.15, -0.1) is 0 Å². The van der Waals surface area contributed by atoms with Crippen LogP contribution in [-0.4, -0.2) is 0 Å². The van der Waals surface area contributed by atoms with Crippen molar-refractivity contribution in [2.45, 2.75) is 13.2 Å². The molecular weight excluding hydrogens is 236 g/mol. The Balaban J connectivity index is 1.85. The summed E-state index contributed by atoms with van der Waals surface area (Å²) in [7, 11) is 0. The van der Waals surface area contributed by atoms with Crippen LogP contribution >= 0.6 is 0 Å². The molecule has 0 atom stereocenters. The van der Waals surface area contributed by atoms with Crippen LogP contribution in [0.4, 0.5) is 5.69 Å². The van der Waals surface area contributed by atoms with Gasteiger partial charge >= 0.3 is 0 Å². The predicted octanol–water partition coefficient (Wildman–Crippen LogP) is 3.83. The molecule has 0 aliphatic carbocycles. The molecule has 3 heteroatoms. The van der Waals surface area contributed by atoms with Gasteiger partial charge in [0.15, 0.2) is 5.69 Å². The van der Waals surface area contributed by atoms with E-state index in [1.807, 2.05) is 24.3 Å². The van der Waals surface area contributed by atoms with Crippen LogP contribution in [0.15, 0.2) is 48.5 Å². The number of nitriles is 1. The summed E-state index contributed by atoms with van der Waals surface area (Å²) in [5.41, 5.74) is 3.37. The van der Waals surface area contributed by atoms with Gasteiger partial charge in [-0.25, -0.2) is 4.85 Å². The van der Waals surface area contributed by atoms with E-state index in [4.69, 9.17) is 16.6 Å². The molecule has 2 aromatic carbocycles. The van der Waals surface area contributed by atoms with E-state index in [1.165, 1.54) is 0 Å². The smallest absolute Gasteiger partial charge is 0.187 e. The highest BCUT2D eigenvalue weighted by molar-refractivity contribution is 5.45. The van der Waals surface area contributed by atoms with E-state index < -0.39 is 0 Å². The van der Waals surface area contributed by atoms with E-state index in [0.29, 0.717) is 24.5 Å². The predicted molar refractivity (Wildman–Crippen MR) is 72.4 cm³/mol. The van der Waals surface area contributed by atoms with Gasteiger partial charge in [0.05, 0.1) is 31.4 Å². The molecule has 2 aromatic rings. The molecule has 19 heavy (non-hydrogen) atoms. The van der Waals surface area contributed by atoms with Gasteiger partial charge in [0.1, 0.15) is 0 Å². The molecule has 0 aromatic heterocycles. The molecule has 0 bridgehead atoms. The molecule has 0 aliphatic rings. The van der Waals surface area contributed by atoms with E-state index in [0.717, 1.165) is 11.1 Å². The van der Waals surface area contributed by atoms with Crippen LogP contribution in [0.5, 0.6) is 0 Å². The Labute approximate surface area is 112 Å². The molecule has 0 unspecified atom stereocenters. The summed E-state index contributed by atoms with van der Waals surface area (Å²) in [4.78, 5) is 3.34. The van der Waals surface area contributed by atoms with Gasteiger partial charge < -0.3 is 4.74 Å². The molecule has 92 valence electrons. The highest BCUT2D eigenvalue weighted by Gasteiger charge is 1.97. The Morgan fingerprint density at radius 3 is 1.95 bits per heavy atom.